The van der Waals surface area contributed by atoms with Gasteiger partial charge in [-0.05, 0) is 61.4 Å². The summed E-state index contributed by atoms with van der Waals surface area (Å²) in [6.45, 7) is 3.67. The number of nitrogens with one attached hydrogen (secondary N) is 1. The van der Waals surface area contributed by atoms with Gasteiger partial charge in [-0.15, -0.1) is 0 Å². The molecule has 0 unspecified atom stereocenters. The van der Waals surface area contributed by atoms with Crippen LogP contribution in [0.5, 0.6) is 11.5 Å². The Labute approximate surface area is 265 Å². The zero-order chi connectivity index (χ0) is 32.4. The predicted octanol–water partition coefficient (Wildman–Crippen LogP) is 4.98. The van der Waals surface area contributed by atoms with Crippen LogP contribution >= 0.6 is 0 Å². The van der Waals surface area contributed by atoms with Crippen molar-refractivity contribution in [3.05, 3.63) is 120 Å². The molecule has 0 aliphatic carbocycles. The van der Waals surface area contributed by atoms with Gasteiger partial charge in [0.1, 0.15) is 24.1 Å². The molecule has 236 valence electrons. The Balaban J connectivity index is 1.81. The van der Waals surface area contributed by atoms with E-state index in [2.05, 4.69) is 5.32 Å². The third-order valence-electron chi connectivity index (χ3n) is 7.38. The average Bonchev–Trinajstić information content (AvgIpc) is 3.06. The van der Waals surface area contributed by atoms with Gasteiger partial charge in [0, 0.05) is 19.5 Å². The van der Waals surface area contributed by atoms with Crippen molar-refractivity contribution in [3.8, 4) is 11.5 Å². The molecule has 0 bridgehead atoms. The van der Waals surface area contributed by atoms with E-state index in [1.807, 2.05) is 68.4 Å². The molecule has 0 heterocycles. The first-order chi connectivity index (χ1) is 21.7. The number of rotatable bonds is 14. The predicted molar refractivity (Wildman–Crippen MR) is 175 cm³/mol. The van der Waals surface area contributed by atoms with Crippen molar-refractivity contribution in [1.29, 1.82) is 0 Å². The molecule has 4 aromatic carbocycles. The lowest BCUT2D eigenvalue weighted by molar-refractivity contribution is -0.140. The lowest BCUT2D eigenvalue weighted by Crippen LogP contribution is -2.53. The van der Waals surface area contributed by atoms with Crippen LogP contribution < -0.4 is 19.1 Å². The molecule has 10 heteroatoms. The number of para-hydroxylation sites is 2. The topological polar surface area (TPSA) is 105 Å². The number of carbonyl (C=O) groups is 2. The Morgan fingerprint density at radius 2 is 1.44 bits per heavy atom. The Kier molecular flexibility index (Phi) is 11.2. The molecule has 4 aromatic rings. The SMILES string of the molecule is CCNC(=O)[C@H](Cc1ccccc1)N(Cc1ccc(C)cc1)C(=O)CN(c1ccccc1OC)S(=O)(=O)c1ccc(OC)cc1. The maximum absolute atomic E-state index is 14.5. The van der Waals surface area contributed by atoms with Crippen molar-refractivity contribution in [3.63, 3.8) is 0 Å². The van der Waals surface area contributed by atoms with Crippen molar-refractivity contribution < 1.29 is 27.5 Å². The van der Waals surface area contributed by atoms with Gasteiger partial charge in [0.15, 0.2) is 0 Å². The quantitative estimate of drug-likeness (QED) is 0.211. The van der Waals surface area contributed by atoms with E-state index in [0.717, 1.165) is 21.0 Å². The number of benzene rings is 4. The van der Waals surface area contributed by atoms with Crippen LogP contribution in [0, 0.1) is 6.92 Å². The van der Waals surface area contributed by atoms with Gasteiger partial charge in [-0.25, -0.2) is 8.42 Å². The van der Waals surface area contributed by atoms with E-state index in [1.54, 1.807) is 36.4 Å². The normalized spacial score (nSPS) is 11.7. The van der Waals surface area contributed by atoms with E-state index in [0.29, 0.717) is 12.3 Å². The van der Waals surface area contributed by atoms with E-state index < -0.39 is 28.5 Å². The number of ether oxygens (including phenoxy) is 2. The number of carbonyl (C=O) groups excluding carboxylic acids is 2. The summed E-state index contributed by atoms with van der Waals surface area (Å²) in [5.41, 5.74) is 2.91. The minimum absolute atomic E-state index is 0.0309. The number of methoxy groups -OCH3 is 2. The number of nitrogens with zero attached hydrogens (tertiary/aromatic N) is 2. The minimum atomic E-state index is -4.28. The molecule has 0 aliphatic heterocycles. The fraction of sp³-hybridized carbons (Fsp3) is 0.257. The monoisotopic (exact) mass is 629 g/mol. The Morgan fingerprint density at radius 3 is 2.07 bits per heavy atom. The Bertz CT molecular complexity index is 1680. The first kappa shape index (κ1) is 33.1. The molecule has 2 amide bonds. The average molecular weight is 630 g/mol. The third-order valence-corrected chi connectivity index (χ3v) is 9.15. The maximum atomic E-state index is 14.5. The van der Waals surface area contributed by atoms with Gasteiger partial charge in [0.05, 0.1) is 24.8 Å². The van der Waals surface area contributed by atoms with Crippen molar-refractivity contribution in [2.75, 3.05) is 31.6 Å². The summed E-state index contributed by atoms with van der Waals surface area (Å²) in [4.78, 5) is 29.5. The van der Waals surface area contributed by atoms with E-state index in [4.69, 9.17) is 9.47 Å². The number of likely N-dealkylation sites (N-methyl/N-ethyl adjacent to an activating group) is 1. The summed E-state index contributed by atoms with van der Waals surface area (Å²) in [5.74, 6) is -0.115. The molecule has 45 heavy (non-hydrogen) atoms. The van der Waals surface area contributed by atoms with Gasteiger partial charge >= 0.3 is 0 Å². The summed E-state index contributed by atoms with van der Waals surface area (Å²) in [5, 5.41) is 2.87. The second kappa shape index (κ2) is 15.3. The summed E-state index contributed by atoms with van der Waals surface area (Å²) < 4.78 is 40.2. The molecule has 9 nitrogen and oxygen atoms in total. The second-order valence-electron chi connectivity index (χ2n) is 10.5. The molecule has 0 aromatic heterocycles. The highest BCUT2D eigenvalue weighted by Crippen LogP contribution is 2.33. The standard InChI is InChI=1S/C35H39N3O6S/c1-5-36-35(40)32(23-27-11-7-6-8-12-27)37(24-28-17-15-26(2)16-18-28)34(39)25-38(31-13-9-10-14-33(31)44-4)45(41,42)30-21-19-29(43-3)20-22-30/h6-22,32H,5,23-25H2,1-4H3,(H,36,40)/t32-/m0/s1. The van der Waals surface area contributed by atoms with E-state index in [-0.39, 0.29) is 35.2 Å². The van der Waals surface area contributed by atoms with Crippen LogP contribution in [0.1, 0.15) is 23.6 Å². The van der Waals surface area contributed by atoms with Crippen molar-refractivity contribution in [2.24, 2.45) is 0 Å². The highest BCUT2D eigenvalue weighted by molar-refractivity contribution is 7.92. The highest BCUT2D eigenvalue weighted by atomic mass is 32.2. The molecule has 0 radical (unpaired) electrons. The number of sulfonamides is 1. The van der Waals surface area contributed by atoms with Crippen molar-refractivity contribution >= 4 is 27.5 Å². The molecule has 0 saturated heterocycles. The number of anilines is 1. The van der Waals surface area contributed by atoms with Gasteiger partial charge in [-0.3, -0.25) is 13.9 Å². The van der Waals surface area contributed by atoms with Crippen LogP contribution in [0.4, 0.5) is 5.69 Å². The molecule has 0 aliphatic rings. The Morgan fingerprint density at radius 1 is 0.800 bits per heavy atom. The third kappa shape index (κ3) is 8.21. The smallest absolute Gasteiger partial charge is 0.264 e. The van der Waals surface area contributed by atoms with Crippen LogP contribution in [-0.2, 0) is 32.6 Å². The fourth-order valence-electron chi connectivity index (χ4n) is 4.96. The summed E-state index contributed by atoms with van der Waals surface area (Å²) in [6, 6.07) is 28.8. The molecule has 0 saturated carbocycles. The van der Waals surface area contributed by atoms with Crippen molar-refractivity contribution in [1.82, 2.24) is 10.2 Å². The largest absolute Gasteiger partial charge is 0.497 e. The summed E-state index contributed by atoms with van der Waals surface area (Å²) in [7, 11) is -1.35. The van der Waals surface area contributed by atoms with Gasteiger partial charge in [-0.1, -0.05) is 72.3 Å². The van der Waals surface area contributed by atoms with Crippen LogP contribution in [0.2, 0.25) is 0 Å². The van der Waals surface area contributed by atoms with Gasteiger partial charge in [0.25, 0.3) is 10.0 Å². The highest BCUT2D eigenvalue weighted by Gasteiger charge is 2.35. The van der Waals surface area contributed by atoms with Crippen molar-refractivity contribution in [2.45, 2.75) is 37.8 Å². The van der Waals surface area contributed by atoms with E-state index in [9.17, 15) is 18.0 Å². The Hall–Kier alpha value is -4.83. The van der Waals surface area contributed by atoms with Crippen LogP contribution in [-0.4, -0.2) is 58.5 Å². The van der Waals surface area contributed by atoms with Crippen LogP contribution in [0.3, 0.4) is 0 Å². The molecule has 1 atom stereocenters. The first-order valence-corrected chi connectivity index (χ1v) is 16.1. The first-order valence-electron chi connectivity index (χ1n) is 14.6. The molecular formula is C35H39N3O6S. The zero-order valence-corrected chi connectivity index (χ0v) is 26.8. The lowest BCUT2D eigenvalue weighted by atomic mass is 10.0. The van der Waals surface area contributed by atoms with Crippen LogP contribution in [0.25, 0.3) is 0 Å². The molecule has 0 fully saturated rings. The number of hydrogen-bond donors (Lipinski definition) is 1. The van der Waals surface area contributed by atoms with Gasteiger partial charge < -0.3 is 19.7 Å². The molecule has 0 spiro atoms. The zero-order valence-electron chi connectivity index (χ0n) is 26.0. The maximum Gasteiger partial charge on any atom is 0.264 e. The van der Waals surface area contributed by atoms with E-state index >= 15 is 0 Å². The second-order valence-corrected chi connectivity index (χ2v) is 12.3. The molecule has 4 rings (SSSR count). The lowest BCUT2D eigenvalue weighted by Gasteiger charge is -2.34. The number of aryl methyl sites for hydroxylation is 1. The minimum Gasteiger partial charge on any atom is -0.497 e. The van der Waals surface area contributed by atoms with E-state index in [1.165, 1.54) is 31.3 Å². The number of hydrogen-bond acceptors (Lipinski definition) is 6. The fourth-order valence-corrected chi connectivity index (χ4v) is 6.38. The number of amides is 2. The van der Waals surface area contributed by atoms with Gasteiger partial charge in [0.2, 0.25) is 11.8 Å². The molecule has 1 N–H and O–H groups in total. The van der Waals surface area contributed by atoms with Crippen LogP contribution in [0.15, 0.2) is 108 Å². The summed E-state index contributed by atoms with van der Waals surface area (Å²) in [6.07, 6.45) is 0.240. The van der Waals surface area contributed by atoms with Gasteiger partial charge in [-0.2, -0.15) is 0 Å². The molecular weight excluding hydrogens is 590 g/mol. The summed E-state index contributed by atoms with van der Waals surface area (Å²) >= 11 is 0.